The van der Waals surface area contributed by atoms with Gasteiger partial charge in [0.25, 0.3) is 0 Å². The molecule has 4 heteroatoms. The monoisotopic (exact) mass is 287 g/mol. The first-order chi connectivity index (χ1) is 10.2. The number of hydrogen-bond acceptors (Lipinski definition) is 3. The first-order valence-electron chi connectivity index (χ1n) is 8.10. The Hall–Kier alpha value is -1.55. The molecule has 2 saturated heterocycles. The SMILES string of the molecule is CCCNC1CC2CCC(C1)N2c1cccc(C(N)=O)c1. The van der Waals surface area contributed by atoms with Crippen LogP contribution in [0.2, 0.25) is 0 Å². The minimum atomic E-state index is -0.344. The highest BCUT2D eigenvalue weighted by atomic mass is 16.1. The highest BCUT2D eigenvalue weighted by molar-refractivity contribution is 5.93. The van der Waals surface area contributed by atoms with Crippen LogP contribution in [0, 0.1) is 0 Å². The summed E-state index contributed by atoms with van der Waals surface area (Å²) in [5, 5.41) is 3.67. The summed E-state index contributed by atoms with van der Waals surface area (Å²) >= 11 is 0. The van der Waals surface area contributed by atoms with E-state index in [4.69, 9.17) is 5.73 Å². The van der Waals surface area contributed by atoms with E-state index in [1.54, 1.807) is 6.07 Å². The van der Waals surface area contributed by atoms with E-state index in [0.29, 0.717) is 23.7 Å². The normalized spacial score (nSPS) is 27.9. The van der Waals surface area contributed by atoms with Crippen molar-refractivity contribution in [2.45, 2.75) is 57.2 Å². The lowest BCUT2D eigenvalue weighted by Crippen LogP contribution is -2.49. The summed E-state index contributed by atoms with van der Waals surface area (Å²) in [7, 11) is 0. The van der Waals surface area contributed by atoms with Gasteiger partial charge in [-0.15, -0.1) is 0 Å². The molecule has 0 saturated carbocycles. The van der Waals surface area contributed by atoms with E-state index in [-0.39, 0.29) is 5.91 Å². The van der Waals surface area contributed by atoms with Crippen LogP contribution in [0.4, 0.5) is 5.69 Å². The number of nitrogens with zero attached hydrogens (tertiary/aromatic N) is 1. The summed E-state index contributed by atoms with van der Waals surface area (Å²) < 4.78 is 0. The van der Waals surface area contributed by atoms with Crippen molar-refractivity contribution in [1.82, 2.24) is 5.32 Å². The number of nitrogens with one attached hydrogen (secondary N) is 1. The molecule has 0 radical (unpaired) electrons. The molecular formula is C17H25N3O. The minimum Gasteiger partial charge on any atom is -0.366 e. The van der Waals surface area contributed by atoms with Crippen molar-refractivity contribution in [1.29, 1.82) is 0 Å². The van der Waals surface area contributed by atoms with E-state index in [2.05, 4.69) is 23.2 Å². The van der Waals surface area contributed by atoms with Gasteiger partial charge in [-0.25, -0.2) is 0 Å². The Bertz CT molecular complexity index is 503. The van der Waals surface area contributed by atoms with Crippen LogP contribution in [0.3, 0.4) is 0 Å². The van der Waals surface area contributed by atoms with Crippen LogP contribution in [0.5, 0.6) is 0 Å². The third-order valence-electron chi connectivity index (χ3n) is 4.84. The third kappa shape index (κ3) is 2.91. The summed E-state index contributed by atoms with van der Waals surface area (Å²) in [5.74, 6) is -0.344. The van der Waals surface area contributed by atoms with Crippen molar-refractivity contribution in [3.05, 3.63) is 29.8 Å². The van der Waals surface area contributed by atoms with Crippen LogP contribution < -0.4 is 16.0 Å². The molecule has 0 aromatic heterocycles. The molecule has 3 rings (SSSR count). The van der Waals surface area contributed by atoms with E-state index < -0.39 is 0 Å². The number of anilines is 1. The maximum atomic E-state index is 11.4. The highest BCUT2D eigenvalue weighted by Crippen LogP contribution is 2.39. The van der Waals surface area contributed by atoms with Crippen molar-refractivity contribution in [2.75, 3.05) is 11.4 Å². The molecule has 2 atom stereocenters. The van der Waals surface area contributed by atoms with Crippen molar-refractivity contribution < 1.29 is 4.79 Å². The molecule has 2 aliphatic rings. The Morgan fingerprint density at radius 3 is 2.67 bits per heavy atom. The largest absolute Gasteiger partial charge is 0.366 e. The standard InChI is InChI=1S/C17H25N3O/c1-2-8-19-13-10-15-6-7-16(11-13)20(15)14-5-3-4-12(9-14)17(18)21/h3-5,9,13,15-16,19H,2,6-8,10-11H2,1H3,(H2,18,21). The van der Waals surface area contributed by atoms with Crippen LogP contribution in [0.25, 0.3) is 0 Å². The average Bonchev–Trinajstić information content (AvgIpc) is 2.76. The van der Waals surface area contributed by atoms with Crippen LogP contribution in [-0.2, 0) is 0 Å². The molecule has 0 aliphatic carbocycles. The van der Waals surface area contributed by atoms with Crippen molar-refractivity contribution in [2.24, 2.45) is 5.73 Å². The van der Waals surface area contributed by atoms with Crippen molar-refractivity contribution in [3.63, 3.8) is 0 Å². The Labute approximate surface area is 126 Å². The molecule has 2 bridgehead atoms. The maximum absolute atomic E-state index is 11.4. The smallest absolute Gasteiger partial charge is 0.248 e. The van der Waals surface area contributed by atoms with E-state index >= 15 is 0 Å². The van der Waals surface area contributed by atoms with Gasteiger partial charge in [0.15, 0.2) is 0 Å². The quantitative estimate of drug-likeness (QED) is 0.873. The molecule has 1 aromatic rings. The topological polar surface area (TPSA) is 58.4 Å². The first kappa shape index (κ1) is 14.4. The molecule has 21 heavy (non-hydrogen) atoms. The number of carbonyl (C=O) groups is 1. The number of amides is 1. The van der Waals surface area contributed by atoms with Crippen molar-refractivity contribution in [3.8, 4) is 0 Å². The van der Waals surface area contributed by atoms with Gasteiger partial charge in [0, 0.05) is 29.4 Å². The number of piperidine rings is 1. The molecule has 2 heterocycles. The Morgan fingerprint density at radius 1 is 1.33 bits per heavy atom. The molecule has 114 valence electrons. The minimum absolute atomic E-state index is 0.344. The van der Waals surface area contributed by atoms with Crippen molar-refractivity contribution >= 4 is 11.6 Å². The fourth-order valence-corrected chi connectivity index (χ4v) is 3.93. The number of primary amides is 1. The summed E-state index contributed by atoms with van der Waals surface area (Å²) in [6.45, 7) is 3.33. The molecule has 2 aliphatic heterocycles. The fourth-order valence-electron chi connectivity index (χ4n) is 3.93. The van der Waals surface area contributed by atoms with Gasteiger partial charge in [0.05, 0.1) is 0 Å². The third-order valence-corrected chi connectivity index (χ3v) is 4.84. The van der Waals surface area contributed by atoms with Gasteiger partial charge in [-0.3, -0.25) is 4.79 Å². The average molecular weight is 287 g/mol. The van der Waals surface area contributed by atoms with Gasteiger partial charge in [-0.05, 0) is 56.8 Å². The van der Waals surface area contributed by atoms with Gasteiger partial charge in [0.2, 0.25) is 5.91 Å². The predicted molar refractivity (Wildman–Crippen MR) is 85.6 cm³/mol. The predicted octanol–water partition coefficient (Wildman–Crippen LogP) is 2.28. The molecule has 1 amide bonds. The number of fused-ring (bicyclic) bond motifs is 2. The lowest BCUT2D eigenvalue weighted by molar-refractivity contribution is 0.100. The Morgan fingerprint density at radius 2 is 2.05 bits per heavy atom. The maximum Gasteiger partial charge on any atom is 0.248 e. The number of benzene rings is 1. The molecule has 1 aromatic carbocycles. The lowest BCUT2D eigenvalue weighted by Gasteiger charge is -2.41. The van der Waals surface area contributed by atoms with E-state index in [9.17, 15) is 4.79 Å². The van der Waals surface area contributed by atoms with Crippen LogP contribution in [0.15, 0.2) is 24.3 Å². The van der Waals surface area contributed by atoms with Crippen LogP contribution >= 0.6 is 0 Å². The second-order valence-corrected chi connectivity index (χ2v) is 6.33. The number of rotatable bonds is 5. The second-order valence-electron chi connectivity index (χ2n) is 6.33. The van der Waals surface area contributed by atoms with E-state index in [1.165, 1.54) is 32.1 Å². The number of hydrogen-bond donors (Lipinski definition) is 2. The molecule has 0 spiro atoms. The van der Waals surface area contributed by atoms with Crippen LogP contribution in [0.1, 0.15) is 49.4 Å². The zero-order valence-electron chi connectivity index (χ0n) is 12.7. The van der Waals surface area contributed by atoms with E-state index in [1.807, 2.05) is 12.1 Å². The first-order valence-corrected chi connectivity index (χ1v) is 8.10. The van der Waals surface area contributed by atoms with Gasteiger partial charge in [-0.1, -0.05) is 13.0 Å². The number of carbonyl (C=O) groups excluding carboxylic acids is 1. The molecule has 3 N–H and O–H groups in total. The van der Waals surface area contributed by atoms with Gasteiger partial charge in [0.1, 0.15) is 0 Å². The summed E-state index contributed by atoms with van der Waals surface area (Å²) in [6.07, 6.45) is 6.12. The Kier molecular flexibility index (Phi) is 4.15. The highest BCUT2D eigenvalue weighted by Gasteiger charge is 2.40. The number of nitrogens with two attached hydrogens (primary N) is 1. The second kappa shape index (κ2) is 6.06. The molecular weight excluding hydrogens is 262 g/mol. The Balaban J connectivity index is 1.76. The van der Waals surface area contributed by atoms with E-state index in [0.717, 1.165) is 12.2 Å². The molecule has 4 nitrogen and oxygen atoms in total. The fraction of sp³-hybridized carbons (Fsp3) is 0.588. The van der Waals surface area contributed by atoms with Crippen LogP contribution in [-0.4, -0.2) is 30.6 Å². The molecule has 2 fully saturated rings. The zero-order chi connectivity index (χ0) is 14.8. The van der Waals surface area contributed by atoms with Gasteiger partial charge in [-0.2, -0.15) is 0 Å². The molecule has 2 unspecified atom stereocenters. The summed E-state index contributed by atoms with van der Waals surface area (Å²) in [4.78, 5) is 13.9. The zero-order valence-corrected chi connectivity index (χ0v) is 12.7. The van der Waals surface area contributed by atoms with Gasteiger partial charge >= 0.3 is 0 Å². The summed E-state index contributed by atoms with van der Waals surface area (Å²) in [6, 6.07) is 9.64. The lowest BCUT2D eigenvalue weighted by atomic mass is 9.96. The van der Waals surface area contributed by atoms with Gasteiger partial charge < -0.3 is 16.0 Å². The summed E-state index contributed by atoms with van der Waals surface area (Å²) in [5.41, 5.74) is 7.18.